The van der Waals surface area contributed by atoms with Crippen molar-refractivity contribution >= 4 is 16.8 Å². The van der Waals surface area contributed by atoms with Gasteiger partial charge in [0.1, 0.15) is 0 Å². The van der Waals surface area contributed by atoms with E-state index >= 15 is 0 Å². The monoisotopic (exact) mass is 387 g/mol. The molecule has 0 spiro atoms. The van der Waals surface area contributed by atoms with E-state index < -0.39 is 0 Å². The fourth-order valence-corrected chi connectivity index (χ4v) is 4.76. The molecule has 4 heteroatoms. The minimum absolute atomic E-state index is 0.0464. The van der Waals surface area contributed by atoms with Gasteiger partial charge in [0.05, 0.1) is 0 Å². The second kappa shape index (κ2) is 7.68. The maximum absolute atomic E-state index is 12.9. The van der Waals surface area contributed by atoms with Gasteiger partial charge < -0.3 is 10.3 Å². The summed E-state index contributed by atoms with van der Waals surface area (Å²) in [5.74, 6) is 0.881. The van der Waals surface area contributed by atoms with Crippen LogP contribution in [0.25, 0.3) is 10.9 Å². The van der Waals surface area contributed by atoms with Gasteiger partial charge in [-0.25, -0.2) is 0 Å². The lowest BCUT2D eigenvalue weighted by Crippen LogP contribution is -2.55. The normalized spacial score (nSPS) is 19.3. The smallest absolute Gasteiger partial charge is 0.251 e. The molecule has 1 aromatic heterocycles. The summed E-state index contributed by atoms with van der Waals surface area (Å²) in [7, 11) is 0. The Morgan fingerprint density at radius 3 is 2.62 bits per heavy atom. The predicted octanol–water partition coefficient (Wildman–Crippen LogP) is 4.73. The van der Waals surface area contributed by atoms with Crippen molar-refractivity contribution in [3.05, 3.63) is 71.9 Å². The fourth-order valence-electron chi connectivity index (χ4n) is 4.76. The van der Waals surface area contributed by atoms with E-state index in [4.69, 9.17) is 0 Å². The van der Waals surface area contributed by atoms with Crippen LogP contribution >= 0.6 is 0 Å². The number of hydrogen-bond donors (Lipinski definition) is 2. The molecule has 0 bridgehead atoms. The van der Waals surface area contributed by atoms with Crippen LogP contribution in [0.5, 0.6) is 0 Å². The zero-order chi connectivity index (χ0) is 19.7. The number of piperidine rings is 1. The van der Waals surface area contributed by atoms with E-state index in [0.717, 1.165) is 50.4 Å². The third-order valence-corrected chi connectivity index (χ3v) is 6.63. The summed E-state index contributed by atoms with van der Waals surface area (Å²) in [5, 5.41) is 4.73. The summed E-state index contributed by atoms with van der Waals surface area (Å²) >= 11 is 0. The molecule has 150 valence electrons. The number of hydrogen-bond acceptors (Lipinski definition) is 2. The van der Waals surface area contributed by atoms with Gasteiger partial charge in [0.25, 0.3) is 5.91 Å². The number of fused-ring (bicyclic) bond motifs is 1. The summed E-state index contributed by atoms with van der Waals surface area (Å²) in [4.78, 5) is 18.7. The third-order valence-electron chi connectivity index (χ3n) is 6.63. The molecule has 2 heterocycles. The first-order chi connectivity index (χ1) is 14.2. The maximum atomic E-state index is 12.9. The molecule has 0 unspecified atom stereocenters. The van der Waals surface area contributed by atoms with E-state index in [9.17, 15) is 4.79 Å². The minimum Gasteiger partial charge on any atom is -0.361 e. The number of rotatable bonds is 6. The van der Waals surface area contributed by atoms with Gasteiger partial charge in [-0.15, -0.1) is 0 Å². The third kappa shape index (κ3) is 4.23. The highest BCUT2D eigenvalue weighted by Gasteiger charge is 2.40. The van der Waals surface area contributed by atoms with Crippen LogP contribution in [0.3, 0.4) is 0 Å². The molecule has 1 aliphatic carbocycles. The molecule has 1 amide bonds. The van der Waals surface area contributed by atoms with Crippen LogP contribution in [0.4, 0.5) is 0 Å². The van der Waals surface area contributed by atoms with Gasteiger partial charge >= 0.3 is 0 Å². The lowest BCUT2D eigenvalue weighted by molar-refractivity contribution is 0.0770. The Kier molecular flexibility index (Phi) is 4.88. The highest BCUT2D eigenvalue weighted by Crippen LogP contribution is 2.41. The molecule has 2 N–H and O–H groups in total. The highest BCUT2D eigenvalue weighted by molar-refractivity contribution is 5.94. The van der Waals surface area contributed by atoms with E-state index in [0.29, 0.717) is 0 Å². The zero-order valence-electron chi connectivity index (χ0n) is 16.9. The number of H-pyrrole nitrogens is 1. The summed E-state index contributed by atoms with van der Waals surface area (Å²) in [5.41, 5.74) is 3.28. The molecular formula is C25H29N3O. The summed E-state index contributed by atoms with van der Waals surface area (Å²) in [6.45, 7) is 3.05. The average Bonchev–Trinajstić information content (AvgIpc) is 3.43. The van der Waals surface area contributed by atoms with Gasteiger partial charge in [0.2, 0.25) is 0 Å². The maximum Gasteiger partial charge on any atom is 0.251 e. The van der Waals surface area contributed by atoms with Crippen molar-refractivity contribution < 1.29 is 4.79 Å². The Bertz CT molecular complexity index is 981. The van der Waals surface area contributed by atoms with Gasteiger partial charge in [-0.05, 0) is 66.5 Å². The number of aromatic nitrogens is 1. The number of carbonyl (C=O) groups is 1. The van der Waals surface area contributed by atoms with Crippen LogP contribution in [0.15, 0.2) is 60.8 Å². The Hall–Kier alpha value is -2.59. The molecule has 2 aliphatic rings. The van der Waals surface area contributed by atoms with Gasteiger partial charge in [0, 0.05) is 42.5 Å². The van der Waals surface area contributed by atoms with Gasteiger partial charge in [0.15, 0.2) is 0 Å². The van der Waals surface area contributed by atoms with E-state index in [-0.39, 0.29) is 11.4 Å². The van der Waals surface area contributed by atoms with Crippen molar-refractivity contribution in [2.24, 2.45) is 5.92 Å². The van der Waals surface area contributed by atoms with Crippen LogP contribution in [-0.2, 0) is 6.54 Å². The molecule has 1 aliphatic heterocycles. The molecule has 4 nitrogen and oxygen atoms in total. The molecular weight excluding hydrogens is 358 g/mol. The topological polar surface area (TPSA) is 48.1 Å². The second-order valence-corrected chi connectivity index (χ2v) is 8.92. The number of benzene rings is 2. The van der Waals surface area contributed by atoms with Crippen molar-refractivity contribution in [2.45, 2.75) is 44.2 Å². The van der Waals surface area contributed by atoms with Crippen LogP contribution < -0.4 is 5.32 Å². The Labute approximate surface area is 172 Å². The van der Waals surface area contributed by atoms with Gasteiger partial charge in [-0.1, -0.05) is 37.1 Å². The Morgan fingerprint density at radius 2 is 1.86 bits per heavy atom. The molecule has 29 heavy (non-hydrogen) atoms. The van der Waals surface area contributed by atoms with Crippen molar-refractivity contribution in [3.8, 4) is 0 Å². The Balaban J connectivity index is 1.25. The zero-order valence-corrected chi connectivity index (χ0v) is 16.9. The van der Waals surface area contributed by atoms with Crippen LogP contribution in [-0.4, -0.2) is 34.4 Å². The SMILES string of the molecule is O=C(NC1(CC2CC2)CCN(Cc2ccc3[nH]ccc3c2)CC1)c1ccccc1. The molecule has 5 rings (SSSR count). The first-order valence-corrected chi connectivity index (χ1v) is 10.9. The largest absolute Gasteiger partial charge is 0.361 e. The molecule has 2 aromatic carbocycles. The number of carbonyl (C=O) groups excluding carboxylic acids is 1. The number of likely N-dealkylation sites (tertiary alicyclic amines) is 1. The quantitative estimate of drug-likeness (QED) is 0.642. The highest BCUT2D eigenvalue weighted by atomic mass is 16.1. The molecule has 1 saturated carbocycles. The van der Waals surface area contributed by atoms with E-state index in [2.05, 4.69) is 39.5 Å². The summed E-state index contributed by atoms with van der Waals surface area (Å²) in [6, 6.07) is 18.5. The van der Waals surface area contributed by atoms with Crippen LogP contribution in [0, 0.1) is 5.92 Å². The minimum atomic E-state index is -0.0464. The van der Waals surface area contributed by atoms with Crippen molar-refractivity contribution in [1.29, 1.82) is 0 Å². The van der Waals surface area contributed by atoms with Crippen LogP contribution in [0.2, 0.25) is 0 Å². The Morgan fingerprint density at radius 1 is 1.07 bits per heavy atom. The number of nitrogens with one attached hydrogen (secondary N) is 2. The molecule has 3 aromatic rings. The van der Waals surface area contributed by atoms with Gasteiger partial charge in [-0.3, -0.25) is 9.69 Å². The molecule has 1 saturated heterocycles. The van der Waals surface area contributed by atoms with Crippen LogP contribution in [0.1, 0.15) is 48.0 Å². The molecule has 2 fully saturated rings. The second-order valence-electron chi connectivity index (χ2n) is 8.92. The van der Waals surface area contributed by atoms with E-state index in [1.165, 1.54) is 29.3 Å². The van der Waals surface area contributed by atoms with Crippen molar-refractivity contribution in [1.82, 2.24) is 15.2 Å². The standard InChI is InChI=1S/C25H29N3O/c29-24(21-4-2-1-3-5-21)27-25(17-19-6-7-19)11-14-28(15-12-25)18-20-8-9-23-22(16-20)10-13-26-23/h1-5,8-10,13,16,19,26H,6-7,11-12,14-15,17-18H2,(H,27,29). The first-order valence-electron chi connectivity index (χ1n) is 10.9. The number of nitrogens with zero attached hydrogens (tertiary/aromatic N) is 1. The number of aromatic amines is 1. The lowest BCUT2D eigenvalue weighted by atomic mass is 9.82. The van der Waals surface area contributed by atoms with E-state index in [1.807, 2.05) is 36.5 Å². The average molecular weight is 388 g/mol. The molecule has 0 atom stereocenters. The fraction of sp³-hybridized carbons (Fsp3) is 0.400. The van der Waals surface area contributed by atoms with E-state index in [1.54, 1.807) is 0 Å². The summed E-state index contributed by atoms with van der Waals surface area (Å²) < 4.78 is 0. The van der Waals surface area contributed by atoms with Crippen molar-refractivity contribution in [2.75, 3.05) is 13.1 Å². The van der Waals surface area contributed by atoms with Crippen molar-refractivity contribution in [3.63, 3.8) is 0 Å². The number of amides is 1. The first kappa shape index (κ1) is 18.4. The summed E-state index contributed by atoms with van der Waals surface area (Å²) in [6.07, 6.45) is 7.85. The van der Waals surface area contributed by atoms with Gasteiger partial charge in [-0.2, -0.15) is 0 Å². The predicted molar refractivity (Wildman–Crippen MR) is 117 cm³/mol. The molecule has 0 radical (unpaired) electrons. The lowest BCUT2D eigenvalue weighted by Gasteiger charge is -2.43.